The lowest BCUT2D eigenvalue weighted by atomic mass is 10.2. The summed E-state index contributed by atoms with van der Waals surface area (Å²) in [5.41, 5.74) is 1.06. The third-order valence-corrected chi connectivity index (χ3v) is 2.30. The van der Waals surface area contributed by atoms with Gasteiger partial charge in [0.2, 0.25) is 0 Å². The van der Waals surface area contributed by atoms with Crippen molar-refractivity contribution in [1.82, 2.24) is 0 Å². The predicted octanol–water partition coefficient (Wildman–Crippen LogP) is 2.69. The van der Waals surface area contributed by atoms with Crippen LogP contribution >= 0.6 is 24.4 Å². The summed E-state index contributed by atoms with van der Waals surface area (Å²) in [7, 11) is 0. The molecule has 0 fully saturated rings. The smallest absolute Gasteiger partial charge is 0.0521 e. The van der Waals surface area contributed by atoms with E-state index in [1.165, 1.54) is 4.90 Å². The number of rotatable bonds is 1. The summed E-state index contributed by atoms with van der Waals surface area (Å²) in [6, 6.07) is 8.21. The number of thioether (sulfide) groups is 1. The molecule has 1 aromatic carbocycles. The minimum Gasteiger partial charge on any atom is -0.166 e. The van der Waals surface area contributed by atoms with Crippen LogP contribution in [0, 0.1) is 11.8 Å². The normalized spacial score (nSPS) is 8.83. The summed E-state index contributed by atoms with van der Waals surface area (Å²) in [4.78, 5) is 1.27. The second-order valence-electron chi connectivity index (χ2n) is 2.19. The van der Waals surface area contributed by atoms with Crippen molar-refractivity contribution in [2.24, 2.45) is 0 Å². The lowest BCUT2D eigenvalue weighted by Crippen LogP contribution is -1.74. The zero-order chi connectivity index (χ0) is 8.81. The van der Waals surface area contributed by atoms with E-state index in [2.05, 4.69) is 42.9 Å². The molecule has 62 valence electrons. The molecular weight excluding hydrogens is 184 g/mol. The fraction of sp³-hybridized carbons (Fsp3) is 0.200. The third-order valence-electron chi connectivity index (χ3n) is 1.40. The molecule has 0 aliphatic carbocycles. The van der Waals surface area contributed by atoms with Crippen LogP contribution in [-0.2, 0) is 0 Å². The van der Waals surface area contributed by atoms with Gasteiger partial charge in [-0.3, -0.25) is 0 Å². The fourth-order valence-corrected chi connectivity index (χ4v) is 1.30. The van der Waals surface area contributed by atoms with Crippen molar-refractivity contribution in [3.63, 3.8) is 0 Å². The molecule has 0 amide bonds. The van der Waals surface area contributed by atoms with Gasteiger partial charge in [-0.05, 0) is 30.5 Å². The highest BCUT2D eigenvalue weighted by Gasteiger charge is 1.88. The zero-order valence-corrected chi connectivity index (χ0v) is 8.58. The number of thiol groups is 1. The molecule has 0 aromatic heterocycles. The second kappa shape index (κ2) is 5.18. The van der Waals surface area contributed by atoms with Crippen molar-refractivity contribution in [3.8, 4) is 11.8 Å². The van der Waals surface area contributed by atoms with Gasteiger partial charge in [-0.15, -0.1) is 11.8 Å². The molecule has 12 heavy (non-hydrogen) atoms. The molecule has 0 spiro atoms. The average molecular weight is 194 g/mol. The first-order valence-corrected chi connectivity index (χ1v) is 5.46. The number of hydrogen-bond donors (Lipinski definition) is 1. The highest BCUT2D eigenvalue weighted by Crippen LogP contribution is 2.14. The topological polar surface area (TPSA) is 0 Å². The van der Waals surface area contributed by atoms with Crippen molar-refractivity contribution in [1.29, 1.82) is 0 Å². The number of hydrogen-bond acceptors (Lipinski definition) is 2. The van der Waals surface area contributed by atoms with E-state index >= 15 is 0 Å². The average Bonchev–Trinajstić information content (AvgIpc) is 2.15. The number of benzene rings is 1. The maximum absolute atomic E-state index is 4.01. The largest absolute Gasteiger partial charge is 0.166 e. The molecule has 0 aliphatic rings. The van der Waals surface area contributed by atoms with E-state index in [-0.39, 0.29) is 0 Å². The van der Waals surface area contributed by atoms with E-state index in [0.29, 0.717) is 5.75 Å². The van der Waals surface area contributed by atoms with Gasteiger partial charge in [-0.1, -0.05) is 11.8 Å². The summed E-state index contributed by atoms with van der Waals surface area (Å²) in [5.74, 6) is 6.53. The summed E-state index contributed by atoms with van der Waals surface area (Å²) < 4.78 is 0. The molecule has 0 nitrogen and oxygen atoms in total. The van der Waals surface area contributed by atoms with Crippen LogP contribution in [0.3, 0.4) is 0 Å². The molecular formula is C10H10S2. The first-order chi connectivity index (χ1) is 5.86. The Hall–Kier alpha value is -0.520. The zero-order valence-electron chi connectivity index (χ0n) is 6.87. The SMILES string of the molecule is CSc1ccc(C#CCS)cc1. The Morgan fingerprint density at radius 3 is 2.50 bits per heavy atom. The van der Waals surface area contributed by atoms with Crippen LogP contribution in [0.15, 0.2) is 29.2 Å². The van der Waals surface area contributed by atoms with E-state index in [9.17, 15) is 0 Å². The molecule has 2 heteroatoms. The molecule has 0 unspecified atom stereocenters. The molecule has 1 rings (SSSR count). The van der Waals surface area contributed by atoms with Gasteiger partial charge in [0.15, 0.2) is 0 Å². The van der Waals surface area contributed by atoms with Gasteiger partial charge in [0.1, 0.15) is 0 Å². The van der Waals surface area contributed by atoms with Gasteiger partial charge in [0.25, 0.3) is 0 Å². The highest BCUT2D eigenvalue weighted by atomic mass is 32.2. The molecule has 0 heterocycles. The van der Waals surface area contributed by atoms with Crippen LogP contribution in [0.2, 0.25) is 0 Å². The van der Waals surface area contributed by atoms with Crippen LogP contribution in [0.25, 0.3) is 0 Å². The molecule has 1 aromatic rings. The minimum absolute atomic E-state index is 0.615. The van der Waals surface area contributed by atoms with Crippen molar-refractivity contribution < 1.29 is 0 Å². The standard InChI is InChI=1S/C10H10S2/c1-12-10-6-4-9(5-7-10)3-2-8-11/h4-7,11H,8H2,1H3. The lowest BCUT2D eigenvalue weighted by Gasteiger charge is -1.94. The van der Waals surface area contributed by atoms with Crippen LogP contribution in [-0.4, -0.2) is 12.0 Å². The maximum Gasteiger partial charge on any atom is 0.0521 e. The van der Waals surface area contributed by atoms with Gasteiger partial charge >= 0.3 is 0 Å². The highest BCUT2D eigenvalue weighted by molar-refractivity contribution is 7.98. The van der Waals surface area contributed by atoms with Gasteiger partial charge in [0.05, 0.1) is 5.75 Å². The van der Waals surface area contributed by atoms with Gasteiger partial charge in [-0.2, -0.15) is 12.6 Å². The third kappa shape index (κ3) is 2.84. The molecule has 0 atom stereocenters. The van der Waals surface area contributed by atoms with Crippen molar-refractivity contribution in [3.05, 3.63) is 29.8 Å². The van der Waals surface area contributed by atoms with Crippen molar-refractivity contribution in [2.45, 2.75) is 4.90 Å². The van der Waals surface area contributed by atoms with E-state index in [1.54, 1.807) is 11.8 Å². The van der Waals surface area contributed by atoms with Crippen LogP contribution in [0.1, 0.15) is 5.56 Å². The Morgan fingerprint density at radius 1 is 1.33 bits per heavy atom. The van der Waals surface area contributed by atoms with E-state index in [0.717, 1.165) is 5.56 Å². The Morgan fingerprint density at radius 2 is 2.00 bits per heavy atom. The van der Waals surface area contributed by atoms with Crippen LogP contribution < -0.4 is 0 Å². The van der Waals surface area contributed by atoms with Gasteiger partial charge < -0.3 is 0 Å². The first kappa shape index (κ1) is 9.57. The Kier molecular flexibility index (Phi) is 4.13. The van der Waals surface area contributed by atoms with Crippen molar-refractivity contribution >= 4 is 24.4 Å². The Balaban J connectivity index is 2.78. The van der Waals surface area contributed by atoms with Gasteiger partial charge in [-0.25, -0.2) is 0 Å². The fourth-order valence-electron chi connectivity index (χ4n) is 0.816. The monoisotopic (exact) mass is 194 g/mol. The van der Waals surface area contributed by atoms with E-state index in [1.807, 2.05) is 12.1 Å². The Labute approximate surface area is 83.2 Å². The lowest BCUT2D eigenvalue weighted by molar-refractivity contribution is 1.45. The predicted molar refractivity (Wildman–Crippen MR) is 59.0 cm³/mol. The molecule has 0 saturated heterocycles. The molecule has 0 radical (unpaired) electrons. The van der Waals surface area contributed by atoms with E-state index in [4.69, 9.17) is 0 Å². The van der Waals surface area contributed by atoms with E-state index < -0.39 is 0 Å². The first-order valence-electron chi connectivity index (χ1n) is 3.60. The van der Waals surface area contributed by atoms with Crippen molar-refractivity contribution in [2.75, 3.05) is 12.0 Å². The maximum atomic E-state index is 4.01. The molecule has 0 aliphatic heterocycles. The quantitative estimate of drug-likeness (QED) is 0.407. The second-order valence-corrected chi connectivity index (χ2v) is 3.38. The summed E-state index contributed by atoms with van der Waals surface area (Å²) in [6.45, 7) is 0. The molecule has 0 bridgehead atoms. The van der Waals surface area contributed by atoms with Crippen LogP contribution in [0.5, 0.6) is 0 Å². The minimum atomic E-state index is 0.615. The molecule has 0 N–H and O–H groups in total. The van der Waals surface area contributed by atoms with Gasteiger partial charge in [0, 0.05) is 10.5 Å². The van der Waals surface area contributed by atoms with Crippen LogP contribution in [0.4, 0.5) is 0 Å². The molecule has 0 saturated carbocycles. The Bertz CT molecular complexity index is 290. The summed E-state index contributed by atoms with van der Waals surface area (Å²) in [5, 5.41) is 0. The summed E-state index contributed by atoms with van der Waals surface area (Å²) >= 11 is 5.75. The summed E-state index contributed by atoms with van der Waals surface area (Å²) in [6.07, 6.45) is 2.06.